The van der Waals surface area contributed by atoms with Crippen LogP contribution in [0.2, 0.25) is 0 Å². The molecule has 4 nitrogen and oxygen atoms in total. The number of amides is 1. The van der Waals surface area contributed by atoms with Gasteiger partial charge in [0.1, 0.15) is 5.69 Å². The minimum atomic E-state index is -0.0360. The van der Waals surface area contributed by atoms with Crippen LogP contribution in [0.15, 0.2) is 12.1 Å². The molecule has 1 atom stereocenters. The number of rotatable bonds is 6. The molecule has 1 N–H and O–H groups in total. The zero-order valence-electron chi connectivity index (χ0n) is 14.1. The van der Waals surface area contributed by atoms with Crippen molar-refractivity contribution in [1.29, 1.82) is 0 Å². The predicted octanol–water partition coefficient (Wildman–Crippen LogP) is 4.17. The van der Waals surface area contributed by atoms with Gasteiger partial charge in [-0.25, -0.2) is 0 Å². The highest BCUT2D eigenvalue weighted by molar-refractivity contribution is 7.12. The smallest absolute Gasteiger partial charge is 0.269 e. The molecular weight excluding hydrogens is 294 g/mol. The Kier molecular flexibility index (Phi) is 5.40. The van der Waals surface area contributed by atoms with E-state index in [9.17, 15) is 4.79 Å². The number of nitrogens with one attached hydrogen (secondary N) is 1. The van der Waals surface area contributed by atoms with E-state index in [0.717, 1.165) is 30.6 Å². The summed E-state index contributed by atoms with van der Waals surface area (Å²) in [4.78, 5) is 15.0. The van der Waals surface area contributed by atoms with Gasteiger partial charge in [-0.05, 0) is 45.7 Å². The molecule has 2 aromatic rings. The van der Waals surface area contributed by atoms with E-state index in [1.165, 1.54) is 9.75 Å². The van der Waals surface area contributed by atoms with Gasteiger partial charge in [-0.15, -0.1) is 11.3 Å². The van der Waals surface area contributed by atoms with Crippen LogP contribution < -0.4 is 5.32 Å². The highest BCUT2D eigenvalue weighted by Gasteiger charge is 2.18. The molecule has 0 aliphatic rings. The molecule has 0 fully saturated rings. The molecular formula is C17H25N3OS. The third-order valence-electron chi connectivity index (χ3n) is 3.75. The molecule has 0 aromatic carbocycles. The molecule has 5 heteroatoms. The van der Waals surface area contributed by atoms with Crippen LogP contribution in [-0.2, 0) is 6.54 Å². The molecule has 0 aliphatic carbocycles. The Labute approximate surface area is 136 Å². The summed E-state index contributed by atoms with van der Waals surface area (Å²) >= 11 is 1.77. The number of hydrogen-bond acceptors (Lipinski definition) is 3. The zero-order chi connectivity index (χ0) is 16.3. The van der Waals surface area contributed by atoms with Crippen LogP contribution in [0.4, 0.5) is 0 Å². The third-order valence-corrected chi connectivity index (χ3v) is 4.72. The van der Waals surface area contributed by atoms with E-state index in [4.69, 9.17) is 0 Å². The molecule has 0 unspecified atom stereocenters. The molecule has 0 aliphatic heterocycles. The molecule has 0 radical (unpaired) electrons. The van der Waals surface area contributed by atoms with Crippen molar-refractivity contribution in [1.82, 2.24) is 15.1 Å². The van der Waals surface area contributed by atoms with Crippen LogP contribution in [0.3, 0.4) is 0 Å². The van der Waals surface area contributed by atoms with Gasteiger partial charge in [-0.2, -0.15) is 5.10 Å². The van der Waals surface area contributed by atoms with Crippen LogP contribution in [0.1, 0.15) is 53.9 Å². The average Bonchev–Trinajstić information content (AvgIpc) is 3.02. The van der Waals surface area contributed by atoms with Crippen molar-refractivity contribution < 1.29 is 4.79 Å². The summed E-state index contributed by atoms with van der Waals surface area (Å²) in [5.41, 5.74) is 2.68. The van der Waals surface area contributed by atoms with E-state index in [-0.39, 0.29) is 11.9 Å². The Bertz CT molecular complexity index is 657. The van der Waals surface area contributed by atoms with Gasteiger partial charge in [-0.1, -0.05) is 13.8 Å². The largest absolute Gasteiger partial charge is 0.348 e. The van der Waals surface area contributed by atoms with Crippen molar-refractivity contribution in [2.45, 2.75) is 60.0 Å². The summed E-state index contributed by atoms with van der Waals surface area (Å²) in [5.74, 6) is -0.0360. The van der Waals surface area contributed by atoms with Gasteiger partial charge in [0.2, 0.25) is 0 Å². The first-order valence-electron chi connectivity index (χ1n) is 7.92. The molecule has 0 saturated carbocycles. The molecule has 120 valence electrons. The first-order chi connectivity index (χ1) is 10.5. The van der Waals surface area contributed by atoms with Crippen LogP contribution >= 0.6 is 11.3 Å². The highest BCUT2D eigenvalue weighted by Crippen LogP contribution is 2.30. The predicted molar refractivity (Wildman–Crippen MR) is 92.5 cm³/mol. The van der Waals surface area contributed by atoms with Gasteiger partial charge in [0.15, 0.2) is 0 Å². The number of aromatic nitrogens is 2. The number of carbonyl (C=O) groups is 1. The summed E-state index contributed by atoms with van der Waals surface area (Å²) in [6, 6.07) is 4.24. The molecule has 22 heavy (non-hydrogen) atoms. The normalized spacial score (nSPS) is 12.4. The Balaban J connectivity index is 2.37. The summed E-state index contributed by atoms with van der Waals surface area (Å²) in [6.45, 7) is 11.1. The average molecular weight is 319 g/mol. The lowest BCUT2D eigenvalue weighted by Crippen LogP contribution is -2.33. The van der Waals surface area contributed by atoms with Crippen molar-refractivity contribution in [2.24, 2.45) is 0 Å². The van der Waals surface area contributed by atoms with Crippen LogP contribution in [0.25, 0.3) is 11.3 Å². The molecule has 2 aromatic heterocycles. The van der Waals surface area contributed by atoms with Crippen molar-refractivity contribution in [3.05, 3.63) is 27.6 Å². The Morgan fingerprint density at radius 3 is 2.64 bits per heavy atom. The van der Waals surface area contributed by atoms with Gasteiger partial charge in [0.05, 0.1) is 5.69 Å². The SMILES string of the molecule is CCCn1nc(-c2cc(C)sc2C)cc1C(=O)N[C@@H](C)CC. The van der Waals surface area contributed by atoms with E-state index in [0.29, 0.717) is 5.69 Å². The second-order valence-electron chi connectivity index (χ2n) is 5.75. The topological polar surface area (TPSA) is 46.9 Å². The number of hydrogen-bond donors (Lipinski definition) is 1. The second-order valence-corrected chi connectivity index (χ2v) is 7.21. The summed E-state index contributed by atoms with van der Waals surface area (Å²) < 4.78 is 1.83. The van der Waals surface area contributed by atoms with E-state index in [1.807, 2.05) is 17.7 Å². The van der Waals surface area contributed by atoms with Crippen molar-refractivity contribution in [3.63, 3.8) is 0 Å². The van der Waals surface area contributed by atoms with Crippen molar-refractivity contribution in [3.8, 4) is 11.3 Å². The van der Waals surface area contributed by atoms with Crippen molar-refractivity contribution in [2.75, 3.05) is 0 Å². The van der Waals surface area contributed by atoms with Crippen LogP contribution in [-0.4, -0.2) is 21.7 Å². The van der Waals surface area contributed by atoms with Gasteiger partial charge < -0.3 is 5.32 Å². The molecule has 0 spiro atoms. The lowest BCUT2D eigenvalue weighted by molar-refractivity contribution is 0.0928. The number of carbonyl (C=O) groups excluding carboxylic acids is 1. The molecule has 0 saturated heterocycles. The maximum Gasteiger partial charge on any atom is 0.269 e. The first-order valence-corrected chi connectivity index (χ1v) is 8.74. The first kappa shape index (κ1) is 16.7. The fourth-order valence-corrected chi connectivity index (χ4v) is 3.33. The quantitative estimate of drug-likeness (QED) is 0.868. The molecule has 2 heterocycles. The van der Waals surface area contributed by atoms with Crippen LogP contribution in [0.5, 0.6) is 0 Å². The van der Waals surface area contributed by atoms with Gasteiger partial charge in [0.25, 0.3) is 5.91 Å². The molecule has 2 rings (SSSR count). The van der Waals surface area contributed by atoms with E-state index < -0.39 is 0 Å². The Morgan fingerprint density at radius 1 is 1.36 bits per heavy atom. The molecule has 0 bridgehead atoms. The standard InChI is InChI=1S/C17H25N3OS/c1-6-8-20-16(17(21)18-11(3)7-2)10-15(19-20)14-9-12(4)22-13(14)5/h9-11H,6-8H2,1-5H3,(H,18,21)/t11-/m0/s1. The number of nitrogens with zero attached hydrogens (tertiary/aromatic N) is 2. The van der Waals surface area contributed by atoms with E-state index in [1.54, 1.807) is 11.3 Å². The third kappa shape index (κ3) is 3.58. The number of aryl methyl sites for hydroxylation is 3. The monoisotopic (exact) mass is 319 g/mol. The number of thiophene rings is 1. The zero-order valence-corrected chi connectivity index (χ0v) is 14.9. The minimum absolute atomic E-state index is 0.0360. The van der Waals surface area contributed by atoms with E-state index >= 15 is 0 Å². The fourth-order valence-electron chi connectivity index (χ4n) is 2.40. The summed E-state index contributed by atoms with van der Waals surface area (Å²) in [5, 5.41) is 7.69. The summed E-state index contributed by atoms with van der Waals surface area (Å²) in [6.07, 6.45) is 1.87. The van der Waals surface area contributed by atoms with E-state index in [2.05, 4.69) is 44.2 Å². The van der Waals surface area contributed by atoms with Crippen molar-refractivity contribution >= 4 is 17.2 Å². The summed E-state index contributed by atoms with van der Waals surface area (Å²) in [7, 11) is 0. The second kappa shape index (κ2) is 7.09. The molecule has 1 amide bonds. The van der Waals surface area contributed by atoms with Gasteiger partial charge >= 0.3 is 0 Å². The minimum Gasteiger partial charge on any atom is -0.348 e. The van der Waals surface area contributed by atoms with Crippen LogP contribution in [0, 0.1) is 13.8 Å². The maximum absolute atomic E-state index is 12.5. The highest BCUT2D eigenvalue weighted by atomic mass is 32.1. The lowest BCUT2D eigenvalue weighted by Gasteiger charge is -2.12. The fraction of sp³-hybridized carbons (Fsp3) is 0.529. The maximum atomic E-state index is 12.5. The lowest BCUT2D eigenvalue weighted by atomic mass is 10.1. The Morgan fingerprint density at radius 2 is 2.09 bits per heavy atom. The van der Waals surface area contributed by atoms with Gasteiger partial charge in [0, 0.05) is 27.9 Å². The Hall–Kier alpha value is -1.62. The van der Waals surface area contributed by atoms with Gasteiger partial charge in [-0.3, -0.25) is 9.48 Å².